The Labute approximate surface area is 115 Å². The maximum atomic E-state index is 11.9. The summed E-state index contributed by atoms with van der Waals surface area (Å²) < 4.78 is 1.87. The number of amides is 1. The topological polar surface area (TPSA) is 72.9 Å². The Morgan fingerprint density at radius 2 is 2.11 bits per heavy atom. The molecule has 0 spiro atoms. The zero-order chi connectivity index (χ0) is 14.6. The highest BCUT2D eigenvalue weighted by Crippen LogP contribution is 2.12. The van der Waals surface area contributed by atoms with Gasteiger partial charge in [0.1, 0.15) is 0 Å². The highest BCUT2D eigenvalue weighted by molar-refractivity contribution is 5.81. The zero-order valence-electron chi connectivity index (χ0n) is 12.7. The van der Waals surface area contributed by atoms with Crippen molar-refractivity contribution in [2.24, 2.45) is 18.7 Å². The summed E-state index contributed by atoms with van der Waals surface area (Å²) in [6, 6.07) is -0.416. The van der Waals surface area contributed by atoms with Crippen molar-refractivity contribution in [2.75, 3.05) is 6.54 Å². The van der Waals surface area contributed by atoms with E-state index >= 15 is 0 Å². The van der Waals surface area contributed by atoms with Crippen LogP contribution in [0, 0.1) is 19.8 Å². The van der Waals surface area contributed by atoms with Gasteiger partial charge in [-0.15, -0.1) is 0 Å². The average molecular weight is 266 g/mol. The van der Waals surface area contributed by atoms with Crippen LogP contribution in [0.4, 0.5) is 0 Å². The van der Waals surface area contributed by atoms with Gasteiger partial charge in [-0.3, -0.25) is 9.48 Å². The van der Waals surface area contributed by atoms with Gasteiger partial charge in [0.25, 0.3) is 0 Å². The van der Waals surface area contributed by atoms with Gasteiger partial charge in [0, 0.05) is 19.3 Å². The van der Waals surface area contributed by atoms with Crippen LogP contribution < -0.4 is 11.1 Å². The molecular weight excluding hydrogens is 240 g/mol. The van der Waals surface area contributed by atoms with Crippen LogP contribution in [0.5, 0.6) is 0 Å². The third-order valence-electron chi connectivity index (χ3n) is 3.89. The minimum atomic E-state index is -0.416. The van der Waals surface area contributed by atoms with Crippen LogP contribution in [0.15, 0.2) is 0 Å². The van der Waals surface area contributed by atoms with Crippen LogP contribution in [-0.2, 0) is 18.3 Å². The summed E-state index contributed by atoms with van der Waals surface area (Å²) in [6.07, 6.45) is 1.71. The maximum Gasteiger partial charge on any atom is 0.237 e. The van der Waals surface area contributed by atoms with Crippen molar-refractivity contribution in [3.05, 3.63) is 17.0 Å². The Balaban J connectivity index is 2.48. The van der Waals surface area contributed by atoms with Crippen molar-refractivity contribution >= 4 is 5.91 Å². The number of hydrogen-bond acceptors (Lipinski definition) is 3. The zero-order valence-corrected chi connectivity index (χ0v) is 12.7. The summed E-state index contributed by atoms with van der Waals surface area (Å²) in [4.78, 5) is 11.9. The van der Waals surface area contributed by atoms with Crippen molar-refractivity contribution in [1.29, 1.82) is 0 Å². The lowest BCUT2D eigenvalue weighted by Crippen LogP contribution is -2.45. The summed E-state index contributed by atoms with van der Waals surface area (Å²) in [6.45, 7) is 8.69. The molecule has 0 aliphatic rings. The fourth-order valence-corrected chi connectivity index (χ4v) is 2.12. The average Bonchev–Trinajstić information content (AvgIpc) is 2.62. The van der Waals surface area contributed by atoms with Crippen LogP contribution in [-0.4, -0.2) is 28.3 Å². The number of carbonyl (C=O) groups excluding carboxylic acids is 1. The molecule has 0 aromatic carbocycles. The van der Waals surface area contributed by atoms with Crippen LogP contribution in [0.2, 0.25) is 0 Å². The number of carbonyl (C=O) groups is 1. The number of nitrogens with zero attached hydrogens (tertiary/aromatic N) is 2. The quantitative estimate of drug-likeness (QED) is 0.809. The first-order chi connectivity index (χ1) is 8.88. The number of nitrogens with two attached hydrogens (primary N) is 1. The minimum absolute atomic E-state index is 0.0615. The molecule has 1 amide bonds. The second kappa shape index (κ2) is 6.70. The Morgan fingerprint density at radius 3 is 2.58 bits per heavy atom. The SMILES string of the molecule is CCC(C)C(N)C(=O)NCCc1c(C)nn(C)c1C. The van der Waals surface area contributed by atoms with E-state index in [2.05, 4.69) is 10.4 Å². The van der Waals surface area contributed by atoms with Gasteiger partial charge in [-0.1, -0.05) is 20.3 Å². The lowest BCUT2D eigenvalue weighted by atomic mass is 9.99. The molecule has 2 unspecified atom stereocenters. The van der Waals surface area contributed by atoms with Gasteiger partial charge in [-0.05, 0) is 31.7 Å². The van der Waals surface area contributed by atoms with Gasteiger partial charge in [-0.2, -0.15) is 5.10 Å². The molecule has 0 saturated heterocycles. The largest absolute Gasteiger partial charge is 0.354 e. The standard InChI is InChI=1S/C14H26N4O/c1-6-9(2)13(15)14(19)16-8-7-12-10(3)17-18(5)11(12)4/h9,13H,6-8,15H2,1-5H3,(H,16,19). The fourth-order valence-electron chi connectivity index (χ4n) is 2.12. The summed E-state index contributed by atoms with van der Waals surface area (Å²) in [5, 5.41) is 7.27. The number of nitrogens with one attached hydrogen (secondary N) is 1. The predicted molar refractivity (Wildman–Crippen MR) is 76.8 cm³/mol. The maximum absolute atomic E-state index is 11.9. The van der Waals surface area contributed by atoms with E-state index in [0.717, 1.165) is 24.2 Å². The summed E-state index contributed by atoms with van der Waals surface area (Å²) in [5.41, 5.74) is 9.27. The third kappa shape index (κ3) is 3.80. The molecule has 5 heteroatoms. The van der Waals surface area contributed by atoms with Gasteiger partial charge in [0.2, 0.25) is 5.91 Å². The smallest absolute Gasteiger partial charge is 0.237 e. The predicted octanol–water partition coefficient (Wildman–Crippen LogP) is 1.07. The number of rotatable bonds is 6. The first kappa shape index (κ1) is 15.7. The van der Waals surface area contributed by atoms with E-state index in [1.807, 2.05) is 39.4 Å². The van der Waals surface area contributed by atoms with E-state index in [-0.39, 0.29) is 11.8 Å². The van der Waals surface area contributed by atoms with Crippen molar-refractivity contribution < 1.29 is 4.79 Å². The molecule has 1 heterocycles. The van der Waals surface area contributed by atoms with Gasteiger partial charge in [-0.25, -0.2) is 0 Å². The Morgan fingerprint density at radius 1 is 1.47 bits per heavy atom. The van der Waals surface area contributed by atoms with E-state index in [1.165, 1.54) is 5.56 Å². The molecule has 0 aliphatic carbocycles. The van der Waals surface area contributed by atoms with Crippen LogP contribution >= 0.6 is 0 Å². The molecule has 3 N–H and O–H groups in total. The van der Waals surface area contributed by atoms with Gasteiger partial charge in [0.05, 0.1) is 11.7 Å². The molecule has 19 heavy (non-hydrogen) atoms. The summed E-state index contributed by atoms with van der Waals surface area (Å²) in [5.74, 6) is 0.149. The highest BCUT2D eigenvalue weighted by Gasteiger charge is 2.19. The Bertz CT molecular complexity index is 439. The molecule has 0 aliphatic heterocycles. The first-order valence-corrected chi connectivity index (χ1v) is 6.90. The molecule has 108 valence electrons. The highest BCUT2D eigenvalue weighted by atomic mass is 16.2. The molecule has 5 nitrogen and oxygen atoms in total. The second-order valence-corrected chi connectivity index (χ2v) is 5.23. The van der Waals surface area contributed by atoms with Gasteiger partial charge in [0.15, 0.2) is 0 Å². The number of aromatic nitrogens is 2. The van der Waals surface area contributed by atoms with Gasteiger partial charge >= 0.3 is 0 Å². The van der Waals surface area contributed by atoms with Crippen LogP contribution in [0.3, 0.4) is 0 Å². The molecule has 1 rings (SSSR count). The van der Waals surface area contributed by atoms with Gasteiger partial charge < -0.3 is 11.1 Å². The number of hydrogen-bond donors (Lipinski definition) is 2. The van der Waals surface area contributed by atoms with E-state index in [1.54, 1.807) is 0 Å². The van der Waals surface area contributed by atoms with E-state index < -0.39 is 6.04 Å². The monoisotopic (exact) mass is 266 g/mol. The fraction of sp³-hybridized carbons (Fsp3) is 0.714. The minimum Gasteiger partial charge on any atom is -0.354 e. The molecule has 1 aromatic rings. The first-order valence-electron chi connectivity index (χ1n) is 6.90. The molecule has 1 aromatic heterocycles. The van der Waals surface area contributed by atoms with Crippen LogP contribution in [0.1, 0.15) is 37.2 Å². The summed E-state index contributed by atoms with van der Waals surface area (Å²) >= 11 is 0. The van der Waals surface area contributed by atoms with Crippen molar-refractivity contribution in [1.82, 2.24) is 15.1 Å². The van der Waals surface area contributed by atoms with Crippen molar-refractivity contribution in [3.8, 4) is 0 Å². The second-order valence-electron chi connectivity index (χ2n) is 5.23. The summed E-state index contributed by atoms with van der Waals surface area (Å²) in [7, 11) is 1.93. The normalized spacial score (nSPS) is 14.2. The molecule has 0 saturated carbocycles. The molecule has 0 bridgehead atoms. The van der Waals surface area contributed by atoms with Crippen molar-refractivity contribution in [2.45, 2.75) is 46.6 Å². The van der Waals surface area contributed by atoms with E-state index in [0.29, 0.717) is 6.54 Å². The Hall–Kier alpha value is -1.36. The lowest BCUT2D eigenvalue weighted by molar-refractivity contribution is -0.123. The Kier molecular flexibility index (Phi) is 5.54. The lowest BCUT2D eigenvalue weighted by Gasteiger charge is -2.17. The molecule has 2 atom stereocenters. The van der Waals surface area contributed by atoms with E-state index in [4.69, 9.17) is 5.73 Å². The van der Waals surface area contributed by atoms with Crippen molar-refractivity contribution in [3.63, 3.8) is 0 Å². The third-order valence-corrected chi connectivity index (χ3v) is 3.89. The number of aryl methyl sites for hydroxylation is 2. The molecule has 0 fully saturated rings. The molecule has 0 radical (unpaired) electrons. The van der Waals surface area contributed by atoms with E-state index in [9.17, 15) is 4.79 Å². The van der Waals surface area contributed by atoms with Crippen LogP contribution in [0.25, 0.3) is 0 Å². The molecular formula is C14H26N4O.